The van der Waals surface area contributed by atoms with E-state index in [-0.39, 0.29) is 23.3 Å². The lowest BCUT2D eigenvalue weighted by atomic mass is 9.83. The molecule has 2 bridgehead atoms. The first-order chi connectivity index (χ1) is 14.0. The Balaban J connectivity index is 1.39. The summed E-state index contributed by atoms with van der Waals surface area (Å²) >= 11 is 0. The first kappa shape index (κ1) is 17.8. The molecule has 2 aromatic rings. The number of aromatic nitrogens is 1. The number of amides is 3. The van der Waals surface area contributed by atoms with E-state index in [2.05, 4.69) is 0 Å². The minimum Gasteiger partial charge on any atom is -0.340 e. The molecule has 3 aliphatic heterocycles. The van der Waals surface area contributed by atoms with Crippen LogP contribution in [-0.2, 0) is 11.3 Å². The Labute approximate surface area is 167 Å². The molecule has 7 nitrogen and oxygen atoms in total. The maximum atomic E-state index is 13.2. The summed E-state index contributed by atoms with van der Waals surface area (Å²) < 4.78 is 1.81. The topological polar surface area (TPSA) is 79.7 Å². The molecule has 29 heavy (non-hydrogen) atoms. The summed E-state index contributed by atoms with van der Waals surface area (Å²) in [6.45, 7) is 3.24. The maximum Gasteiger partial charge on any atom is 0.262 e. The molecule has 1 saturated heterocycles. The number of carbonyl (C=O) groups is 3. The summed E-state index contributed by atoms with van der Waals surface area (Å²) in [6, 6.07) is 11.1. The zero-order valence-electron chi connectivity index (χ0n) is 16.1. The summed E-state index contributed by atoms with van der Waals surface area (Å²) in [5.74, 6) is -0.767. The molecule has 148 valence electrons. The predicted molar refractivity (Wildman–Crippen MR) is 105 cm³/mol. The zero-order chi connectivity index (χ0) is 20.3. The summed E-state index contributed by atoms with van der Waals surface area (Å²) in [7, 11) is 0. The summed E-state index contributed by atoms with van der Waals surface area (Å²) in [5, 5.41) is 0. The molecule has 0 unspecified atom stereocenters. The number of pyridine rings is 1. The van der Waals surface area contributed by atoms with Gasteiger partial charge in [-0.15, -0.1) is 0 Å². The molecule has 7 heteroatoms. The van der Waals surface area contributed by atoms with Crippen molar-refractivity contribution in [1.29, 1.82) is 0 Å². The molecule has 1 aromatic heterocycles. The third-order valence-corrected chi connectivity index (χ3v) is 6.36. The Morgan fingerprint density at radius 2 is 1.62 bits per heavy atom. The second-order valence-electron chi connectivity index (χ2n) is 8.14. The highest BCUT2D eigenvalue weighted by molar-refractivity contribution is 6.22. The van der Waals surface area contributed by atoms with Crippen molar-refractivity contribution >= 4 is 17.7 Å². The van der Waals surface area contributed by atoms with Crippen LogP contribution in [0, 0.1) is 5.92 Å². The monoisotopic (exact) mass is 391 g/mol. The first-order valence-electron chi connectivity index (χ1n) is 9.91. The summed E-state index contributed by atoms with van der Waals surface area (Å²) in [4.78, 5) is 53.7. The van der Waals surface area contributed by atoms with Gasteiger partial charge in [-0.3, -0.25) is 24.1 Å². The molecule has 3 aliphatic rings. The van der Waals surface area contributed by atoms with Gasteiger partial charge >= 0.3 is 0 Å². The van der Waals surface area contributed by atoms with Crippen molar-refractivity contribution in [3.8, 4) is 0 Å². The van der Waals surface area contributed by atoms with Gasteiger partial charge < -0.3 is 9.47 Å². The summed E-state index contributed by atoms with van der Waals surface area (Å²) in [5.41, 5.74) is 1.65. The normalized spacial score (nSPS) is 23.6. The van der Waals surface area contributed by atoms with Gasteiger partial charge in [-0.05, 0) is 37.5 Å². The number of carbonyl (C=O) groups excluding carboxylic acids is 3. The van der Waals surface area contributed by atoms with Gasteiger partial charge in [0.05, 0.1) is 11.1 Å². The van der Waals surface area contributed by atoms with E-state index in [4.69, 9.17) is 0 Å². The van der Waals surface area contributed by atoms with Crippen LogP contribution < -0.4 is 5.56 Å². The number of benzene rings is 1. The smallest absolute Gasteiger partial charge is 0.262 e. The van der Waals surface area contributed by atoms with Crippen LogP contribution >= 0.6 is 0 Å². The number of nitrogens with zero attached hydrogens (tertiary/aromatic N) is 3. The number of hydrogen-bond donors (Lipinski definition) is 0. The lowest BCUT2D eigenvalue weighted by molar-refractivity contribution is -0.137. The number of fused-ring (bicyclic) bond motifs is 5. The largest absolute Gasteiger partial charge is 0.340 e. The van der Waals surface area contributed by atoms with Crippen molar-refractivity contribution in [2.24, 2.45) is 5.92 Å². The van der Waals surface area contributed by atoms with E-state index in [0.29, 0.717) is 30.8 Å². The molecular formula is C22H21N3O4. The van der Waals surface area contributed by atoms with E-state index in [1.54, 1.807) is 48.2 Å². The van der Waals surface area contributed by atoms with E-state index in [1.807, 2.05) is 10.6 Å². The quantitative estimate of drug-likeness (QED) is 0.727. The van der Waals surface area contributed by atoms with Crippen LogP contribution in [0.1, 0.15) is 45.7 Å². The highest BCUT2D eigenvalue weighted by Crippen LogP contribution is 2.35. The van der Waals surface area contributed by atoms with Gasteiger partial charge in [-0.25, -0.2) is 0 Å². The van der Waals surface area contributed by atoms with Crippen LogP contribution in [0.3, 0.4) is 0 Å². The molecule has 0 aliphatic carbocycles. The van der Waals surface area contributed by atoms with Gasteiger partial charge in [0.1, 0.15) is 6.04 Å². The Morgan fingerprint density at radius 1 is 0.931 bits per heavy atom. The minimum absolute atomic E-state index is 0.00336. The highest BCUT2D eigenvalue weighted by atomic mass is 16.2. The lowest BCUT2D eigenvalue weighted by Gasteiger charge is -2.43. The van der Waals surface area contributed by atoms with Gasteiger partial charge in [-0.1, -0.05) is 18.2 Å². The fourth-order valence-corrected chi connectivity index (χ4v) is 5.01. The van der Waals surface area contributed by atoms with E-state index in [1.165, 1.54) is 0 Å². The molecule has 4 heterocycles. The number of rotatable bonds is 2. The summed E-state index contributed by atoms with van der Waals surface area (Å²) in [6.07, 6.45) is 0.939. The maximum absolute atomic E-state index is 13.2. The number of piperidine rings is 1. The molecule has 0 radical (unpaired) electrons. The van der Waals surface area contributed by atoms with Gasteiger partial charge in [0.25, 0.3) is 17.4 Å². The lowest BCUT2D eigenvalue weighted by Crippen LogP contribution is -2.55. The number of likely N-dealkylation sites (tertiary alicyclic amines) is 1. The van der Waals surface area contributed by atoms with Crippen molar-refractivity contribution in [1.82, 2.24) is 14.4 Å². The van der Waals surface area contributed by atoms with Crippen molar-refractivity contribution in [2.45, 2.75) is 31.8 Å². The second kappa shape index (κ2) is 6.40. The molecular weight excluding hydrogens is 370 g/mol. The molecule has 0 N–H and O–H groups in total. The highest BCUT2D eigenvalue weighted by Gasteiger charge is 2.44. The van der Waals surface area contributed by atoms with E-state index >= 15 is 0 Å². The molecule has 1 fully saturated rings. The Bertz CT molecular complexity index is 1070. The van der Waals surface area contributed by atoms with Crippen molar-refractivity contribution in [3.05, 3.63) is 69.6 Å². The third kappa shape index (κ3) is 2.64. The molecule has 3 atom stereocenters. The second-order valence-corrected chi connectivity index (χ2v) is 8.14. The van der Waals surface area contributed by atoms with E-state index < -0.39 is 17.9 Å². The van der Waals surface area contributed by atoms with E-state index in [0.717, 1.165) is 17.0 Å². The molecule has 5 rings (SSSR count). The van der Waals surface area contributed by atoms with Crippen molar-refractivity contribution in [2.75, 3.05) is 13.1 Å². The Hall–Kier alpha value is -3.22. The van der Waals surface area contributed by atoms with Crippen LogP contribution in [-0.4, -0.2) is 51.2 Å². The van der Waals surface area contributed by atoms with Gasteiger partial charge in [0.2, 0.25) is 5.91 Å². The fourth-order valence-electron chi connectivity index (χ4n) is 5.01. The number of hydrogen-bond acceptors (Lipinski definition) is 4. The van der Waals surface area contributed by atoms with Crippen molar-refractivity contribution < 1.29 is 14.4 Å². The number of imide groups is 1. The van der Waals surface area contributed by atoms with Crippen LogP contribution in [0.25, 0.3) is 0 Å². The van der Waals surface area contributed by atoms with Gasteiger partial charge in [-0.2, -0.15) is 0 Å². The average Bonchev–Trinajstić information content (AvgIpc) is 2.98. The Kier molecular flexibility index (Phi) is 3.94. The fraction of sp³-hybridized carbons (Fsp3) is 0.364. The minimum atomic E-state index is -0.862. The van der Waals surface area contributed by atoms with Crippen LogP contribution in [0.4, 0.5) is 0 Å². The standard InChI is InChI=1S/C22H21N3O4/c1-13(25-21(28)16-5-2-3-6-17(16)22(25)29)20(27)23-10-14-9-15(12-23)18-7-4-8-19(26)24(18)11-14/h2-8,13-15H,9-12H2,1H3/t13-,14-,15+/m0/s1. The molecule has 0 spiro atoms. The third-order valence-electron chi connectivity index (χ3n) is 6.36. The first-order valence-corrected chi connectivity index (χ1v) is 9.91. The zero-order valence-corrected chi connectivity index (χ0v) is 16.1. The van der Waals surface area contributed by atoms with Crippen LogP contribution in [0.5, 0.6) is 0 Å². The van der Waals surface area contributed by atoms with Gasteiger partial charge in [0.15, 0.2) is 0 Å². The average molecular weight is 391 g/mol. The van der Waals surface area contributed by atoms with Crippen LogP contribution in [0.15, 0.2) is 47.3 Å². The van der Waals surface area contributed by atoms with E-state index in [9.17, 15) is 19.2 Å². The predicted octanol–water partition coefficient (Wildman–Crippen LogP) is 1.48. The van der Waals surface area contributed by atoms with Gasteiger partial charge in [0, 0.05) is 37.3 Å². The Morgan fingerprint density at radius 3 is 2.31 bits per heavy atom. The van der Waals surface area contributed by atoms with Crippen LogP contribution in [0.2, 0.25) is 0 Å². The SMILES string of the molecule is C[C@@H](C(=O)N1C[C@@H]2C[C@H](C1)c1cccc(=O)n1C2)N1C(=O)c2ccccc2C1=O. The molecule has 3 amide bonds. The van der Waals surface area contributed by atoms with Crippen molar-refractivity contribution in [3.63, 3.8) is 0 Å². The molecule has 0 saturated carbocycles. The molecule has 1 aromatic carbocycles.